The number of aromatic nitrogens is 2. The monoisotopic (exact) mass is 362 g/mol. The molecule has 1 aliphatic carbocycles. The van der Waals surface area contributed by atoms with E-state index in [-0.39, 0.29) is 0 Å². The molecule has 0 amide bonds. The quantitative estimate of drug-likeness (QED) is 0.676. The number of methoxy groups -OCH3 is 1. The van der Waals surface area contributed by atoms with Gasteiger partial charge in [0.15, 0.2) is 0 Å². The molecule has 2 heterocycles. The van der Waals surface area contributed by atoms with Crippen molar-refractivity contribution in [3.8, 4) is 0 Å². The summed E-state index contributed by atoms with van der Waals surface area (Å²) in [5, 5.41) is 3.59. The first-order valence-electron chi connectivity index (χ1n) is 9.52. The lowest BCUT2D eigenvalue weighted by atomic mass is 9.82. The number of fused-ring (bicyclic) bond motifs is 3. The Morgan fingerprint density at radius 1 is 1.30 bits per heavy atom. The van der Waals surface area contributed by atoms with Gasteiger partial charge in [0.1, 0.15) is 5.65 Å². The lowest BCUT2D eigenvalue weighted by molar-refractivity contribution is 0.0660. The number of rotatable bonds is 4. The second-order valence-corrected chi connectivity index (χ2v) is 7.25. The van der Waals surface area contributed by atoms with Crippen LogP contribution in [0.3, 0.4) is 0 Å². The predicted molar refractivity (Wildman–Crippen MR) is 112 cm³/mol. The Morgan fingerprint density at radius 2 is 2.11 bits per heavy atom. The normalized spacial score (nSPS) is 21.5. The first-order chi connectivity index (χ1) is 13.2. The van der Waals surface area contributed by atoms with Gasteiger partial charge in [0.2, 0.25) is 0 Å². The molecule has 5 heteroatoms. The van der Waals surface area contributed by atoms with Crippen molar-refractivity contribution in [3.63, 3.8) is 0 Å². The van der Waals surface area contributed by atoms with E-state index >= 15 is 0 Å². The van der Waals surface area contributed by atoms with Gasteiger partial charge >= 0.3 is 0 Å². The van der Waals surface area contributed by atoms with Gasteiger partial charge in [-0.3, -0.25) is 4.99 Å². The first kappa shape index (κ1) is 17.7. The Balaban J connectivity index is 1.83. The minimum absolute atomic E-state index is 0.401. The van der Waals surface area contributed by atoms with Gasteiger partial charge < -0.3 is 15.5 Å². The topological polar surface area (TPSA) is 76.3 Å². The van der Waals surface area contributed by atoms with Crippen LogP contribution in [0.25, 0.3) is 27.4 Å². The molecule has 1 saturated carbocycles. The van der Waals surface area contributed by atoms with Gasteiger partial charge in [0.25, 0.3) is 0 Å². The zero-order valence-electron chi connectivity index (χ0n) is 15.9. The van der Waals surface area contributed by atoms with Crippen molar-refractivity contribution in [2.75, 3.05) is 14.2 Å². The Morgan fingerprint density at radius 3 is 2.81 bits per heavy atom. The minimum Gasteiger partial charge on any atom is -0.404 e. The molecule has 0 radical (unpaired) electrons. The summed E-state index contributed by atoms with van der Waals surface area (Å²) in [6, 6.07) is 6.40. The molecule has 140 valence electrons. The van der Waals surface area contributed by atoms with Gasteiger partial charge in [0, 0.05) is 55.3 Å². The molecular weight excluding hydrogens is 336 g/mol. The number of nitrogens with one attached hydrogen (secondary N) is 1. The summed E-state index contributed by atoms with van der Waals surface area (Å²) in [7, 11) is 3.57. The molecule has 3 N–H and O–H groups in total. The summed E-state index contributed by atoms with van der Waals surface area (Å²) in [6.45, 7) is 0. The van der Waals surface area contributed by atoms with Crippen molar-refractivity contribution >= 4 is 33.6 Å². The van der Waals surface area contributed by atoms with Crippen LogP contribution in [0.2, 0.25) is 0 Å². The van der Waals surface area contributed by atoms with E-state index in [1.165, 1.54) is 16.3 Å². The molecule has 0 atom stereocenters. The maximum absolute atomic E-state index is 5.82. The van der Waals surface area contributed by atoms with Crippen LogP contribution in [0.15, 0.2) is 41.8 Å². The molecule has 27 heavy (non-hydrogen) atoms. The van der Waals surface area contributed by atoms with Crippen molar-refractivity contribution in [1.82, 2.24) is 9.97 Å². The van der Waals surface area contributed by atoms with Crippen molar-refractivity contribution < 1.29 is 4.74 Å². The Hall–Kier alpha value is -2.66. The van der Waals surface area contributed by atoms with Crippen LogP contribution in [0.5, 0.6) is 0 Å². The fourth-order valence-corrected chi connectivity index (χ4v) is 4.30. The standard InChI is InChI=1S/C22H26N4O/c1-24-11-17(10-23)15-3-4-16-12-25-22-21(19(16)9-15)20(13-26-22)14-5-7-18(27-2)8-6-14/h3-4,9-14,18H,5-8,23H2,1-2H3,(H,25,26)/b17-10+,24-11?. The van der Waals surface area contributed by atoms with E-state index in [9.17, 15) is 0 Å². The number of hydrogen-bond donors (Lipinski definition) is 2. The fourth-order valence-electron chi connectivity index (χ4n) is 4.30. The second kappa shape index (κ2) is 7.53. The molecule has 0 unspecified atom stereocenters. The molecule has 0 aliphatic heterocycles. The first-order valence-corrected chi connectivity index (χ1v) is 9.52. The number of nitrogens with two attached hydrogens (primary N) is 1. The van der Waals surface area contributed by atoms with E-state index < -0.39 is 0 Å². The molecule has 1 aliphatic rings. The second-order valence-electron chi connectivity index (χ2n) is 7.25. The van der Waals surface area contributed by atoms with E-state index in [2.05, 4.69) is 39.4 Å². The number of ether oxygens (including phenoxy) is 1. The van der Waals surface area contributed by atoms with Gasteiger partial charge in [-0.05, 0) is 54.2 Å². The largest absolute Gasteiger partial charge is 0.404 e. The molecule has 1 fully saturated rings. The molecule has 4 rings (SSSR count). The third-order valence-electron chi connectivity index (χ3n) is 5.77. The molecule has 0 spiro atoms. The number of nitrogens with zero attached hydrogens (tertiary/aromatic N) is 2. The Bertz CT molecular complexity index is 1010. The predicted octanol–water partition coefficient (Wildman–Crippen LogP) is 4.39. The maximum atomic E-state index is 5.82. The van der Waals surface area contributed by atoms with Crippen molar-refractivity contribution in [3.05, 3.63) is 47.9 Å². The minimum atomic E-state index is 0.401. The lowest BCUT2D eigenvalue weighted by Crippen LogP contribution is -2.19. The molecule has 0 bridgehead atoms. The van der Waals surface area contributed by atoms with E-state index in [0.717, 1.165) is 47.9 Å². The Kier molecular flexibility index (Phi) is 4.94. The summed E-state index contributed by atoms with van der Waals surface area (Å²) < 4.78 is 5.54. The van der Waals surface area contributed by atoms with Crippen molar-refractivity contribution in [1.29, 1.82) is 0 Å². The maximum Gasteiger partial charge on any atom is 0.138 e. The summed E-state index contributed by atoms with van der Waals surface area (Å²) in [4.78, 5) is 12.1. The highest BCUT2D eigenvalue weighted by atomic mass is 16.5. The number of hydrogen-bond acceptors (Lipinski definition) is 4. The fraction of sp³-hybridized carbons (Fsp3) is 0.364. The van der Waals surface area contributed by atoms with Crippen molar-refractivity contribution in [2.24, 2.45) is 10.7 Å². The average Bonchev–Trinajstić information content (AvgIpc) is 3.16. The van der Waals surface area contributed by atoms with Crippen LogP contribution in [-0.2, 0) is 4.74 Å². The number of aliphatic imine (C=N–C) groups is 1. The van der Waals surface area contributed by atoms with Gasteiger partial charge in [-0.15, -0.1) is 0 Å². The van der Waals surface area contributed by atoms with E-state index in [4.69, 9.17) is 10.5 Å². The summed E-state index contributed by atoms with van der Waals surface area (Å²) >= 11 is 0. The SMILES string of the molecule is CN=C/C(=C\N)c1ccc2cnc3[nH]cc(C4CCC(OC)CC4)c3c2c1. The molecule has 3 aromatic rings. The summed E-state index contributed by atoms with van der Waals surface area (Å²) in [5.74, 6) is 0.544. The third-order valence-corrected chi connectivity index (χ3v) is 5.77. The van der Waals surface area contributed by atoms with Gasteiger partial charge in [-0.2, -0.15) is 0 Å². The van der Waals surface area contributed by atoms with Crippen LogP contribution in [0, 0.1) is 0 Å². The summed E-state index contributed by atoms with van der Waals surface area (Å²) in [6.07, 6.45) is 12.4. The van der Waals surface area contributed by atoms with Crippen LogP contribution >= 0.6 is 0 Å². The molecule has 2 aromatic heterocycles. The van der Waals surface area contributed by atoms with Crippen LogP contribution < -0.4 is 5.73 Å². The molecular formula is C22H26N4O. The van der Waals surface area contributed by atoms with Crippen LogP contribution in [0.1, 0.15) is 42.7 Å². The van der Waals surface area contributed by atoms with Crippen molar-refractivity contribution in [2.45, 2.75) is 37.7 Å². The lowest BCUT2D eigenvalue weighted by Gasteiger charge is -2.27. The smallest absolute Gasteiger partial charge is 0.138 e. The van der Waals surface area contributed by atoms with Crippen LogP contribution in [-0.4, -0.2) is 36.4 Å². The number of aromatic amines is 1. The molecule has 5 nitrogen and oxygen atoms in total. The highest BCUT2D eigenvalue weighted by Crippen LogP contribution is 2.39. The number of benzene rings is 1. The van der Waals surface area contributed by atoms with Gasteiger partial charge in [-0.25, -0.2) is 4.98 Å². The van der Waals surface area contributed by atoms with Gasteiger partial charge in [-0.1, -0.05) is 12.1 Å². The van der Waals surface area contributed by atoms with E-state index in [1.54, 1.807) is 19.5 Å². The molecule has 1 aromatic carbocycles. The average molecular weight is 362 g/mol. The Labute approximate surface area is 159 Å². The zero-order chi connectivity index (χ0) is 18.8. The number of H-pyrrole nitrogens is 1. The number of allylic oxidation sites excluding steroid dienone is 1. The van der Waals surface area contributed by atoms with Crippen LogP contribution in [0.4, 0.5) is 0 Å². The zero-order valence-corrected chi connectivity index (χ0v) is 15.9. The van der Waals surface area contributed by atoms with Gasteiger partial charge in [0.05, 0.1) is 6.10 Å². The third kappa shape index (κ3) is 3.23. The summed E-state index contributed by atoms with van der Waals surface area (Å²) in [5.41, 5.74) is 10.1. The van der Waals surface area contributed by atoms with E-state index in [1.807, 2.05) is 13.3 Å². The molecule has 0 saturated heterocycles. The highest BCUT2D eigenvalue weighted by molar-refractivity contribution is 6.13. The highest BCUT2D eigenvalue weighted by Gasteiger charge is 2.25. The van der Waals surface area contributed by atoms with E-state index in [0.29, 0.717) is 12.0 Å². The number of pyridine rings is 1.